The molecule has 0 amide bonds. The quantitative estimate of drug-likeness (QED) is 0.425. The van der Waals surface area contributed by atoms with Crippen LogP contribution in [0.1, 0.15) is 61.8 Å². The van der Waals surface area contributed by atoms with Gasteiger partial charge in [0.2, 0.25) is 0 Å². The largest absolute Gasteiger partial charge is 0.0685 e. The van der Waals surface area contributed by atoms with Crippen molar-refractivity contribution in [2.75, 3.05) is 0 Å². The number of hydrogen-bond donors (Lipinski definition) is 0. The van der Waals surface area contributed by atoms with Crippen molar-refractivity contribution in [2.45, 2.75) is 76.5 Å². The lowest BCUT2D eigenvalue weighted by Crippen LogP contribution is -2.43. The second-order valence-electron chi connectivity index (χ2n) is 11.7. The van der Waals surface area contributed by atoms with Crippen LogP contribution in [-0.2, 0) is 12.8 Å². The van der Waals surface area contributed by atoms with Crippen LogP contribution in [0.4, 0.5) is 0 Å². The first kappa shape index (κ1) is 19.8. The molecule has 4 atom stereocenters. The van der Waals surface area contributed by atoms with Crippen LogP contribution in [-0.4, -0.2) is 8.07 Å². The van der Waals surface area contributed by atoms with Gasteiger partial charge < -0.3 is 0 Å². The van der Waals surface area contributed by atoms with Crippen LogP contribution in [0.15, 0.2) is 59.7 Å². The highest BCUT2D eigenvalue weighted by Gasteiger charge is 2.49. The van der Waals surface area contributed by atoms with Gasteiger partial charge in [-0.25, -0.2) is 0 Å². The zero-order valence-electron chi connectivity index (χ0n) is 19.7. The minimum Gasteiger partial charge on any atom is -0.0685 e. The van der Waals surface area contributed by atoms with Crippen molar-refractivity contribution < 1.29 is 0 Å². The fourth-order valence-electron chi connectivity index (χ4n) is 7.76. The molecule has 0 radical (unpaired) electrons. The average molecular weight is 425 g/mol. The highest BCUT2D eigenvalue weighted by atomic mass is 28.3. The molecule has 4 unspecified atom stereocenters. The summed E-state index contributed by atoms with van der Waals surface area (Å²) in [6, 6.07) is 18.6. The van der Waals surface area contributed by atoms with Gasteiger partial charge in [-0.1, -0.05) is 86.6 Å². The summed E-state index contributed by atoms with van der Waals surface area (Å²) in [5, 5.41) is 0. The lowest BCUT2D eigenvalue weighted by Gasteiger charge is -2.47. The fraction of sp³-hybridized carbons (Fsp3) is 0.467. The number of rotatable bonds is 2. The molecule has 0 fully saturated rings. The van der Waals surface area contributed by atoms with Gasteiger partial charge >= 0.3 is 0 Å². The standard InChI is InChI=1S/C30H36Si/c1-19-13-25-23-11-7-5-9-21(23)17-27(25)29(15-19)31(3,4)30-16-20(2)14-26-24-12-8-6-10-22(24)18-28(26)30/h5-12,19-20,29-30H,13-18H2,1-4H3. The molecule has 6 rings (SSSR count). The smallest absolute Gasteiger partial charge is 0.0620 e. The van der Waals surface area contributed by atoms with Crippen molar-refractivity contribution >= 4 is 19.2 Å². The van der Waals surface area contributed by atoms with E-state index in [0.29, 0.717) is 0 Å². The molecule has 31 heavy (non-hydrogen) atoms. The van der Waals surface area contributed by atoms with Gasteiger partial charge in [0.15, 0.2) is 0 Å². The third-order valence-corrected chi connectivity index (χ3v) is 14.0. The molecule has 0 aliphatic heterocycles. The molecular formula is C30H36Si. The lowest BCUT2D eigenvalue weighted by molar-refractivity contribution is 0.489. The Bertz CT molecular complexity index is 1030. The second-order valence-corrected chi connectivity index (χ2v) is 16.7. The van der Waals surface area contributed by atoms with Crippen LogP contribution in [0, 0.1) is 11.8 Å². The summed E-state index contributed by atoms with van der Waals surface area (Å²) in [5.74, 6) is 1.63. The maximum Gasteiger partial charge on any atom is 0.0620 e. The zero-order valence-corrected chi connectivity index (χ0v) is 20.7. The minimum absolute atomic E-state index is 0.817. The third kappa shape index (κ3) is 2.99. The first-order valence-corrected chi connectivity index (χ1v) is 15.7. The summed E-state index contributed by atoms with van der Waals surface area (Å²) in [7, 11) is -1.55. The summed E-state index contributed by atoms with van der Waals surface area (Å²) in [4.78, 5) is 0. The van der Waals surface area contributed by atoms with E-state index in [1.165, 1.54) is 38.5 Å². The molecule has 0 bridgehead atoms. The molecule has 0 heterocycles. The molecule has 0 N–H and O–H groups in total. The number of benzene rings is 2. The molecule has 2 aromatic carbocycles. The Morgan fingerprint density at radius 3 is 1.52 bits per heavy atom. The van der Waals surface area contributed by atoms with E-state index >= 15 is 0 Å². The normalized spacial score (nSPS) is 29.5. The van der Waals surface area contributed by atoms with E-state index in [-0.39, 0.29) is 0 Å². The Hall–Kier alpha value is -1.86. The SMILES string of the molecule is CC1CC2=C(Cc3ccccc32)C([Si](C)(C)C2CC(C)CC3=C2Cc2ccccc23)C1. The topological polar surface area (TPSA) is 0 Å². The first-order chi connectivity index (χ1) is 14.9. The highest BCUT2D eigenvalue weighted by Crippen LogP contribution is 2.59. The van der Waals surface area contributed by atoms with Crippen molar-refractivity contribution in [3.63, 3.8) is 0 Å². The second kappa shape index (κ2) is 7.07. The Morgan fingerprint density at radius 2 is 1.06 bits per heavy atom. The maximum absolute atomic E-state index is 2.76. The Morgan fingerprint density at radius 1 is 0.645 bits per heavy atom. The molecular weight excluding hydrogens is 388 g/mol. The van der Waals surface area contributed by atoms with Gasteiger partial charge in [-0.3, -0.25) is 0 Å². The Balaban J connectivity index is 1.42. The Labute approximate surface area is 189 Å². The van der Waals surface area contributed by atoms with Crippen molar-refractivity contribution in [1.29, 1.82) is 0 Å². The third-order valence-electron chi connectivity index (χ3n) is 9.24. The van der Waals surface area contributed by atoms with E-state index in [4.69, 9.17) is 0 Å². The first-order valence-electron chi connectivity index (χ1n) is 12.5. The summed E-state index contributed by atoms with van der Waals surface area (Å²) in [6.45, 7) is 10.6. The minimum atomic E-state index is -1.55. The maximum atomic E-state index is 2.76. The van der Waals surface area contributed by atoms with Crippen LogP contribution < -0.4 is 0 Å². The molecule has 0 saturated carbocycles. The molecule has 0 aromatic heterocycles. The van der Waals surface area contributed by atoms with Crippen LogP contribution in [0.2, 0.25) is 24.2 Å². The molecule has 4 aliphatic rings. The van der Waals surface area contributed by atoms with E-state index in [9.17, 15) is 0 Å². The van der Waals surface area contributed by atoms with Gasteiger partial charge in [-0.15, -0.1) is 0 Å². The van der Waals surface area contributed by atoms with Crippen molar-refractivity contribution in [1.82, 2.24) is 0 Å². The average Bonchev–Trinajstić information content (AvgIpc) is 3.31. The van der Waals surface area contributed by atoms with Gasteiger partial charge in [0, 0.05) is 0 Å². The van der Waals surface area contributed by atoms with Crippen molar-refractivity contribution in [3.8, 4) is 0 Å². The van der Waals surface area contributed by atoms with Crippen LogP contribution in [0.25, 0.3) is 11.1 Å². The van der Waals surface area contributed by atoms with E-state index in [2.05, 4.69) is 75.5 Å². The molecule has 0 spiro atoms. The molecule has 0 saturated heterocycles. The summed E-state index contributed by atoms with van der Waals surface area (Å²) < 4.78 is 0. The molecule has 2 aromatic rings. The molecule has 1 heteroatoms. The molecule has 0 nitrogen and oxygen atoms in total. The van der Waals surface area contributed by atoms with Crippen LogP contribution >= 0.6 is 0 Å². The van der Waals surface area contributed by atoms with Gasteiger partial charge in [0.05, 0.1) is 8.07 Å². The number of fused-ring (bicyclic) bond motifs is 4. The predicted molar refractivity (Wildman–Crippen MR) is 136 cm³/mol. The van der Waals surface area contributed by atoms with Crippen LogP contribution in [0.5, 0.6) is 0 Å². The predicted octanol–water partition coefficient (Wildman–Crippen LogP) is 8.31. The van der Waals surface area contributed by atoms with Crippen LogP contribution in [0.3, 0.4) is 0 Å². The van der Waals surface area contributed by atoms with E-state index in [1.54, 1.807) is 33.4 Å². The van der Waals surface area contributed by atoms with Gasteiger partial charge in [-0.2, -0.15) is 0 Å². The van der Waals surface area contributed by atoms with Gasteiger partial charge in [0.1, 0.15) is 0 Å². The summed E-state index contributed by atoms with van der Waals surface area (Å²) >= 11 is 0. The number of allylic oxidation sites excluding steroid dienone is 4. The van der Waals surface area contributed by atoms with Crippen molar-refractivity contribution in [2.24, 2.45) is 11.8 Å². The van der Waals surface area contributed by atoms with E-state index < -0.39 is 8.07 Å². The molecule has 4 aliphatic carbocycles. The van der Waals surface area contributed by atoms with Gasteiger partial charge in [-0.05, 0) is 94.8 Å². The number of hydrogen-bond acceptors (Lipinski definition) is 0. The zero-order chi connectivity index (χ0) is 21.3. The van der Waals surface area contributed by atoms with Crippen molar-refractivity contribution in [3.05, 3.63) is 81.9 Å². The summed E-state index contributed by atoms with van der Waals surface area (Å²) in [5.41, 5.74) is 15.2. The lowest BCUT2D eigenvalue weighted by atomic mass is 9.84. The van der Waals surface area contributed by atoms with E-state index in [1.807, 2.05) is 11.1 Å². The van der Waals surface area contributed by atoms with Gasteiger partial charge in [0.25, 0.3) is 0 Å². The highest BCUT2D eigenvalue weighted by molar-refractivity contribution is 6.81. The monoisotopic (exact) mass is 424 g/mol. The molecule has 160 valence electrons. The Kier molecular flexibility index (Phi) is 4.51. The summed E-state index contributed by atoms with van der Waals surface area (Å²) in [6.07, 6.45) is 7.90. The van der Waals surface area contributed by atoms with E-state index in [0.717, 1.165) is 22.9 Å². The fourth-order valence-corrected chi connectivity index (χ4v) is 12.6.